The van der Waals surface area contributed by atoms with E-state index < -0.39 is 0 Å². The van der Waals surface area contributed by atoms with Crippen LogP contribution < -0.4 is 14.4 Å². The molecule has 0 aliphatic carbocycles. The highest BCUT2D eigenvalue weighted by Crippen LogP contribution is 2.37. The molecular formula is C27H24N4O3. The van der Waals surface area contributed by atoms with Gasteiger partial charge in [-0.1, -0.05) is 42.5 Å². The molecule has 0 bridgehead atoms. The van der Waals surface area contributed by atoms with Crippen LogP contribution in [0.3, 0.4) is 0 Å². The quantitative estimate of drug-likeness (QED) is 0.495. The molecule has 0 saturated heterocycles. The molecule has 3 heterocycles. The first-order valence-corrected chi connectivity index (χ1v) is 11.3. The molecular weight excluding hydrogens is 428 g/mol. The molecule has 0 atom stereocenters. The predicted octanol–water partition coefficient (Wildman–Crippen LogP) is 4.47. The van der Waals surface area contributed by atoms with Gasteiger partial charge in [0.2, 0.25) is 6.79 Å². The van der Waals surface area contributed by atoms with Gasteiger partial charge in [-0.15, -0.1) is 0 Å². The van der Waals surface area contributed by atoms with Gasteiger partial charge in [0, 0.05) is 31.5 Å². The number of anilines is 1. The monoisotopic (exact) mass is 452 g/mol. The second kappa shape index (κ2) is 8.59. The van der Waals surface area contributed by atoms with E-state index in [1.54, 1.807) is 6.33 Å². The predicted molar refractivity (Wildman–Crippen MR) is 129 cm³/mol. The number of nitrogens with zero attached hydrogens (tertiary/aromatic N) is 3. The second-order valence-corrected chi connectivity index (χ2v) is 8.47. The van der Waals surface area contributed by atoms with Crippen molar-refractivity contribution in [2.75, 3.05) is 24.8 Å². The molecule has 0 fully saturated rings. The fourth-order valence-corrected chi connectivity index (χ4v) is 4.66. The fourth-order valence-electron chi connectivity index (χ4n) is 4.66. The maximum absolute atomic E-state index is 13.7. The first kappa shape index (κ1) is 20.4. The smallest absolute Gasteiger partial charge is 0.258 e. The van der Waals surface area contributed by atoms with Crippen LogP contribution in [-0.2, 0) is 13.1 Å². The van der Waals surface area contributed by atoms with Gasteiger partial charge in [-0.25, -0.2) is 4.98 Å². The summed E-state index contributed by atoms with van der Waals surface area (Å²) in [6.07, 6.45) is 3.54. The Bertz CT molecular complexity index is 1320. The van der Waals surface area contributed by atoms with Gasteiger partial charge in [-0.2, -0.15) is 0 Å². The Morgan fingerprint density at radius 3 is 2.74 bits per heavy atom. The highest BCUT2D eigenvalue weighted by atomic mass is 16.7. The van der Waals surface area contributed by atoms with Crippen LogP contribution in [0.25, 0.3) is 11.1 Å². The molecule has 4 aromatic rings. The largest absolute Gasteiger partial charge is 0.454 e. The van der Waals surface area contributed by atoms with Crippen molar-refractivity contribution in [1.29, 1.82) is 0 Å². The molecule has 7 nitrogen and oxygen atoms in total. The summed E-state index contributed by atoms with van der Waals surface area (Å²) in [5.41, 5.74) is 6.09. The minimum atomic E-state index is -0.0539. The summed E-state index contributed by atoms with van der Waals surface area (Å²) in [7, 11) is 0. The van der Waals surface area contributed by atoms with E-state index in [0.29, 0.717) is 43.2 Å². The fraction of sp³-hybridized carbons (Fsp3) is 0.185. The van der Waals surface area contributed by atoms with Crippen LogP contribution in [0.1, 0.15) is 21.6 Å². The van der Waals surface area contributed by atoms with E-state index >= 15 is 0 Å². The zero-order chi connectivity index (χ0) is 22.9. The van der Waals surface area contributed by atoms with Gasteiger partial charge in [-0.05, 0) is 41.0 Å². The van der Waals surface area contributed by atoms with Crippen molar-refractivity contribution < 1.29 is 14.3 Å². The van der Waals surface area contributed by atoms with Crippen molar-refractivity contribution in [1.82, 2.24) is 14.9 Å². The van der Waals surface area contributed by atoms with Crippen molar-refractivity contribution in [3.05, 3.63) is 96.1 Å². The molecule has 3 aromatic carbocycles. The van der Waals surface area contributed by atoms with Crippen LogP contribution in [0.2, 0.25) is 0 Å². The highest BCUT2D eigenvalue weighted by Gasteiger charge is 2.29. The minimum Gasteiger partial charge on any atom is -0.454 e. The van der Waals surface area contributed by atoms with Crippen LogP contribution >= 0.6 is 0 Å². The molecule has 34 heavy (non-hydrogen) atoms. The topological polar surface area (TPSA) is 70.7 Å². The summed E-state index contributed by atoms with van der Waals surface area (Å²) in [5.74, 6) is 1.10. The summed E-state index contributed by atoms with van der Waals surface area (Å²) in [6, 6.07) is 22.3. The first-order valence-electron chi connectivity index (χ1n) is 11.3. The molecule has 6 rings (SSSR count). The van der Waals surface area contributed by atoms with Gasteiger partial charge >= 0.3 is 0 Å². The lowest BCUT2D eigenvalue weighted by molar-refractivity contribution is 0.0746. The molecule has 1 N–H and O–H groups in total. The Morgan fingerprint density at radius 2 is 1.88 bits per heavy atom. The molecule has 7 heteroatoms. The lowest BCUT2D eigenvalue weighted by atomic mass is 10.0. The molecule has 1 amide bonds. The molecule has 0 spiro atoms. The molecule has 1 aromatic heterocycles. The number of amides is 1. The van der Waals surface area contributed by atoms with Crippen molar-refractivity contribution >= 4 is 11.6 Å². The standard InChI is InChI=1S/C27H24N4O3/c32-27(23-7-4-8-25-26(23)34-18-33-25)31-12-11-30(16-22-14-28-17-29-22)24-10-9-20(13-21(24)15-31)19-5-2-1-3-6-19/h1-10,13-14,17H,11-12,15-16,18H2,(H,28,29). The third kappa shape index (κ3) is 3.75. The van der Waals surface area contributed by atoms with E-state index in [1.165, 1.54) is 0 Å². The minimum absolute atomic E-state index is 0.0539. The molecule has 170 valence electrons. The van der Waals surface area contributed by atoms with Gasteiger partial charge in [0.25, 0.3) is 5.91 Å². The van der Waals surface area contributed by atoms with Crippen LogP contribution in [0.4, 0.5) is 5.69 Å². The lowest BCUT2D eigenvalue weighted by Crippen LogP contribution is -2.35. The number of ether oxygens (including phenoxy) is 2. The van der Waals surface area contributed by atoms with E-state index in [2.05, 4.69) is 45.2 Å². The lowest BCUT2D eigenvalue weighted by Gasteiger charge is -2.24. The van der Waals surface area contributed by atoms with Gasteiger partial charge in [0.15, 0.2) is 11.5 Å². The number of carbonyl (C=O) groups excluding carboxylic acids is 1. The Labute approximate surface area is 197 Å². The van der Waals surface area contributed by atoms with Crippen molar-refractivity contribution in [3.63, 3.8) is 0 Å². The number of aromatic amines is 1. The summed E-state index contributed by atoms with van der Waals surface area (Å²) in [6.45, 7) is 2.64. The van der Waals surface area contributed by atoms with Crippen molar-refractivity contribution in [2.24, 2.45) is 0 Å². The Balaban J connectivity index is 1.37. The van der Waals surface area contributed by atoms with Gasteiger partial charge in [0.1, 0.15) is 0 Å². The van der Waals surface area contributed by atoms with Crippen molar-refractivity contribution in [2.45, 2.75) is 13.1 Å². The Morgan fingerprint density at radius 1 is 0.971 bits per heavy atom. The number of nitrogens with one attached hydrogen (secondary N) is 1. The van der Waals surface area contributed by atoms with E-state index in [4.69, 9.17) is 9.47 Å². The summed E-state index contributed by atoms with van der Waals surface area (Å²) in [4.78, 5) is 25.2. The zero-order valence-electron chi connectivity index (χ0n) is 18.6. The van der Waals surface area contributed by atoms with E-state index in [0.717, 1.165) is 28.1 Å². The summed E-state index contributed by atoms with van der Waals surface area (Å²) in [5, 5.41) is 0. The van der Waals surface area contributed by atoms with Crippen LogP contribution in [-0.4, -0.2) is 40.7 Å². The van der Waals surface area contributed by atoms with Crippen LogP contribution in [0, 0.1) is 0 Å². The Kier molecular flexibility index (Phi) is 5.14. The van der Waals surface area contributed by atoms with Crippen LogP contribution in [0.15, 0.2) is 79.3 Å². The third-order valence-electron chi connectivity index (χ3n) is 6.36. The number of hydrogen-bond donors (Lipinski definition) is 1. The number of hydrogen-bond acceptors (Lipinski definition) is 5. The molecule has 0 saturated carbocycles. The number of imidazole rings is 1. The SMILES string of the molecule is O=C(c1cccc2c1OCO2)N1CCN(Cc2cnc[nH]2)c2ccc(-c3ccccc3)cc2C1. The molecule has 2 aliphatic heterocycles. The summed E-state index contributed by atoms with van der Waals surface area (Å²) >= 11 is 0. The normalized spacial score (nSPS) is 14.6. The van der Waals surface area contributed by atoms with E-state index in [9.17, 15) is 4.79 Å². The first-order chi connectivity index (χ1) is 16.8. The van der Waals surface area contributed by atoms with Gasteiger partial charge < -0.3 is 24.3 Å². The number of fused-ring (bicyclic) bond motifs is 2. The van der Waals surface area contributed by atoms with Gasteiger partial charge in [0.05, 0.1) is 24.1 Å². The second-order valence-electron chi connectivity index (χ2n) is 8.47. The maximum atomic E-state index is 13.7. The number of carbonyl (C=O) groups is 1. The average molecular weight is 453 g/mol. The van der Waals surface area contributed by atoms with Crippen LogP contribution in [0.5, 0.6) is 11.5 Å². The average Bonchev–Trinajstić information content (AvgIpc) is 3.54. The van der Waals surface area contributed by atoms with E-state index in [-0.39, 0.29) is 12.7 Å². The summed E-state index contributed by atoms with van der Waals surface area (Å²) < 4.78 is 11.1. The molecule has 2 aliphatic rings. The molecule has 0 unspecified atom stereocenters. The third-order valence-corrected chi connectivity index (χ3v) is 6.36. The number of para-hydroxylation sites is 1. The van der Waals surface area contributed by atoms with Crippen molar-refractivity contribution in [3.8, 4) is 22.6 Å². The zero-order valence-corrected chi connectivity index (χ0v) is 18.6. The van der Waals surface area contributed by atoms with E-state index in [1.807, 2.05) is 47.5 Å². The number of benzene rings is 3. The number of H-pyrrole nitrogens is 1. The Hall–Kier alpha value is -4.26. The number of aromatic nitrogens is 2. The maximum Gasteiger partial charge on any atom is 0.258 e. The molecule has 0 radical (unpaired) electrons. The number of rotatable bonds is 4. The van der Waals surface area contributed by atoms with Gasteiger partial charge in [-0.3, -0.25) is 4.79 Å². The highest BCUT2D eigenvalue weighted by molar-refractivity contribution is 5.98.